The minimum absolute atomic E-state index is 0.0570. The van der Waals surface area contributed by atoms with Crippen LogP contribution in [0, 0.1) is 0 Å². The summed E-state index contributed by atoms with van der Waals surface area (Å²) < 4.78 is 0. The van der Waals surface area contributed by atoms with E-state index in [1.807, 2.05) is 12.1 Å². The van der Waals surface area contributed by atoms with Gasteiger partial charge < -0.3 is 16.4 Å². The van der Waals surface area contributed by atoms with E-state index in [0.29, 0.717) is 12.5 Å². The summed E-state index contributed by atoms with van der Waals surface area (Å²) in [4.78, 5) is 11.3. The Morgan fingerprint density at radius 2 is 2.33 bits per heavy atom. The standard InChI is InChI=1S/C14H19N3O/c15-12(8-11-2-1-5-16-11)9-3-4-13-10(6-9)7-14(18)17-13/h3-4,6,11-12,16H,1-2,5,7-8,15H2,(H,17,18). The highest BCUT2D eigenvalue weighted by atomic mass is 16.1. The number of nitrogens with two attached hydrogens (primary N) is 1. The van der Waals surface area contributed by atoms with Gasteiger partial charge in [-0.2, -0.15) is 0 Å². The van der Waals surface area contributed by atoms with Gasteiger partial charge in [0.15, 0.2) is 0 Å². The number of nitrogens with one attached hydrogen (secondary N) is 2. The van der Waals surface area contributed by atoms with Gasteiger partial charge in [-0.05, 0) is 43.0 Å². The van der Waals surface area contributed by atoms with Crippen LogP contribution in [0.25, 0.3) is 0 Å². The van der Waals surface area contributed by atoms with Gasteiger partial charge in [-0.25, -0.2) is 0 Å². The number of amides is 1. The molecule has 2 atom stereocenters. The monoisotopic (exact) mass is 245 g/mol. The smallest absolute Gasteiger partial charge is 0.228 e. The lowest BCUT2D eigenvalue weighted by atomic mass is 9.97. The van der Waals surface area contributed by atoms with Crippen molar-refractivity contribution in [3.63, 3.8) is 0 Å². The topological polar surface area (TPSA) is 67.1 Å². The molecule has 0 radical (unpaired) electrons. The van der Waals surface area contributed by atoms with E-state index >= 15 is 0 Å². The van der Waals surface area contributed by atoms with Gasteiger partial charge in [-0.1, -0.05) is 12.1 Å². The number of anilines is 1. The molecule has 0 spiro atoms. The third-order valence-corrected chi connectivity index (χ3v) is 3.88. The zero-order valence-corrected chi connectivity index (χ0v) is 10.4. The molecule has 2 heterocycles. The molecule has 96 valence electrons. The van der Waals surface area contributed by atoms with Crippen LogP contribution in [0.5, 0.6) is 0 Å². The Hall–Kier alpha value is -1.39. The Balaban J connectivity index is 1.72. The predicted octanol–water partition coefficient (Wildman–Crippen LogP) is 1.32. The number of carbonyl (C=O) groups excluding carboxylic acids is 1. The molecule has 1 aromatic carbocycles. The van der Waals surface area contributed by atoms with E-state index in [-0.39, 0.29) is 11.9 Å². The fourth-order valence-electron chi connectivity index (χ4n) is 2.88. The fourth-order valence-corrected chi connectivity index (χ4v) is 2.88. The second-order valence-electron chi connectivity index (χ2n) is 5.28. The summed E-state index contributed by atoms with van der Waals surface area (Å²) in [5.74, 6) is 0.0770. The predicted molar refractivity (Wildman–Crippen MR) is 71.3 cm³/mol. The Kier molecular flexibility index (Phi) is 3.06. The first-order valence-electron chi connectivity index (χ1n) is 6.64. The van der Waals surface area contributed by atoms with Crippen molar-refractivity contribution in [1.82, 2.24) is 5.32 Å². The summed E-state index contributed by atoms with van der Waals surface area (Å²) in [5, 5.41) is 6.31. The summed E-state index contributed by atoms with van der Waals surface area (Å²) in [7, 11) is 0. The summed E-state index contributed by atoms with van der Waals surface area (Å²) in [6, 6.07) is 6.68. The first-order chi connectivity index (χ1) is 8.72. The minimum Gasteiger partial charge on any atom is -0.326 e. The van der Waals surface area contributed by atoms with E-state index in [9.17, 15) is 4.79 Å². The molecule has 2 aliphatic rings. The molecule has 0 aliphatic carbocycles. The zero-order valence-electron chi connectivity index (χ0n) is 10.4. The van der Waals surface area contributed by atoms with Crippen molar-refractivity contribution in [2.24, 2.45) is 5.73 Å². The lowest BCUT2D eigenvalue weighted by molar-refractivity contribution is -0.115. The molecule has 4 nitrogen and oxygen atoms in total. The highest BCUT2D eigenvalue weighted by molar-refractivity contribution is 5.99. The lowest BCUT2D eigenvalue weighted by Crippen LogP contribution is -2.26. The quantitative estimate of drug-likeness (QED) is 0.752. The van der Waals surface area contributed by atoms with Crippen molar-refractivity contribution >= 4 is 11.6 Å². The number of hydrogen-bond acceptors (Lipinski definition) is 3. The van der Waals surface area contributed by atoms with Gasteiger partial charge in [0.05, 0.1) is 6.42 Å². The fraction of sp³-hybridized carbons (Fsp3) is 0.500. The van der Waals surface area contributed by atoms with Crippen LogP contribution >= 0.6 is 0 Å². The van der Waals surface area contributed by atoms with Gasteiger partial charge in [0.2, 0.25) is 5.91 Å². The number of hydrogen-bond donors (Lipinski definition) is 3. The van der Waals surface area contributed by atoms with Gasteiger partial charge in [-0.15, -0.1) is 0 Å². The normalized spacial score (nSPS) is 23.8. The summed E-state index contributed by atoms with van der Waals surface area (Å²) in [5.41, 5.74) is 9.41. The summed E-state index contributed by atoms with van der Waals surface area (Å²) in [6.07, 6.45) is 3.93. The molecule has 18 heavy (non-hydrogen) atoms. The van der Waals surface area contributed by atoms with Crippen LogP contribution in [-0.4, -0.2) is 18.5 Å². The first-order valence-corrected chi connectivity index (χ1v) is 6.64. The largest absolute Gasteiger partial charge is 0.326 e. The van der Waals surface area contributed by atoms with Crippen molar-refractivity contribution in [3.8, 4) is 0 Å². The maximum Gasteiger partial charge on any atom is 0.228 e. The lowest BCUT2D eigenvalue weighted by Gasteiger charge is -2.17. The van der Waals surface area contributed by atoms with Crippen molar-refractivity contribution in [2.45, 2.75) is 37.8 Å². The zero-order chi connectivity index (χ0) is 12.5. The Labute approximate surface area is 107 Å². The highest BCUT2D eigenvalue weighted by Gasteiger charge is 2.21. The maximum atomic E-state index is 11.3. The van der Waals surface area contributed by atoms with Crippen molar-refractivity contribution in [2.75, 3.05) is 11.9 Å². The van der Waals surface area contributed by atoms with Gasteiger partial charge in [0.25, 0.3) is 0 Å². The molecule has 1 aromatic rings. The summed E-state index contributed by atoms with van der Waals surface area (Å²) >= 11 is 0. The Morgan fingerprint density at radius 1 is 1.44 bits per heavy atom. The molecule has 2 aliphatic heterocycles. The molecule has 1 saturated heterocycles. The van der Waals surface area contributed by atoms with Crippen LogP contribution in [0.15, 0.2) is 18.2 Å². The first kappa shape index (κ1) is 11.7. The van der Waals surface area contributed by atoms with Crippen LogP contribution < -0.4 is 16.4 Å². The minimum atomic E-state index is 0.0570. The summed E-state index contributed by atoms with van der Waals surface area (Å²) in [6.45, 7) is 1.11. The molecule has 1 fully saturated rings. The second-order valence-corrected chi connectivity index (χ2v) is 5.28. The van der Waals surface area contributed by atoms with E-state index in [4.69, 9.17) is 5.73 Å². The van der Waals surface area contributed by atoms with Crippen molar-refractivity contribution in [3.05, 3.63) is 29.3 Å². The Bertz CT molecular complexity index is 466. The SMILES string of the molecule is NC(CC1CCCN1)c1ccc2c(c1)CC(=O)N2. The third kappa shape index (κ3) is 2.26. The van der Waals surface area contributed by atoms with Gasteiger partial charge in [0.1, 0.15) is 0 Å². The van der Waals surface area contributed by atoms with Crippen LogP contribution in [0.1, 0.15) is 36.4 Å². The van der Waals surface area contributed by atoms with Crippen molar-refractivity contribution in [1.29, 1.82) is 0 Å². The van der Waals surface area contributed by atoms with Crippen LogP contribution in [0.2, 0.25) is 0 Å². The molecular weight excluding hydrogens is 226 g/mol. The molecule has 3 rings (SSSR count). The number of fused-ring (bicyclic) bond motifs is 1. The number of benzene rings is 1. The second kappa shape index (κ2) is 4.71. The molecule has 0 bridgehead atoms. The van der Waals surface area contributed by atoms with E-state index in [0.717, 1.165) is 29.8 Å². The van der Waals surface area contributed by atoms with Crippen molar-refractivity contribution < 1.29 is 4.79 Å². The molecule has 1 amide bonds. The number of carbonyl (C=O) groups is 1. The molecular formula is C14H19N3O. The van der Waals surface area contributed by atoms with E-state index < -0.39 is 0 Å². The van der Waals surface area contributed by atoms with Crippen LogP contribution in [-0.2, 0) is 11.2 Å². The van der Waals surface area contributed by atoms with E-state index in [1.165, 1.54) is 12.8 Å². The highest BCUT2D eigenvalue weighted by Crippen LogP contribution is 2.28. The van der Waals surface area contributed by atoms with Crippen LogP contribution in [0.3, 0.4) is 0 Å². The average molecular weight is 245 g/mol. The molecule has 4 N–H and O–H groups in total. The molecule has 0 aromatic heterocycles. The van der Waals surface area contributed by atoms with Crippen LogP contribution in [0.4, 0.5) is 5.69 Å². The van der Waals surface area contributed by atoms with Gasteiger partial charge in [-0.3, -0.25) is 4.79 Å². The third-order valence-electron chi connectivity index (χ3n) is 3.88. The van der Waals surface area contributed by atoms with E-state index in [2.05, 4.69) is 16.7 Å². The van der Waals surface area contributed by atoms with E-state index in [1.54, 1.807) is 0 Å². The average Bonchev–Trinajstić information content (AvgIpc) is 2.95. The maximum absolute atomic E-state index is 11.3. The van der Waals surface area contributed by atoms with Gasteiger partial charge >= 0.3 is 0 Å². The number of rotatable bonds is 3. The molecule has 0 saturated carbocycles. The Morgan fingerprint density at radius 3 is 3.11 bits per heavy atom. The molecule has 2 unspecified atom stereocenters. The van der Waals surface area contributed by atoms with Gasteiger partial charge in [0, 0.05) is 17.8 Å². The molecule has 4 heteroatoms.